The van der Waals surface area contributed by atoms with Crippen molar-refractivity contribution < 1.29 is 8.42 Å². The van der Waals surface area contributed by atoms with Crippen LogP contribution in [0.1, 0.15) is 18.4 Å². The molecule has 0 aromatic heterocycles. The molecule has 0 spiro atoms. The molecular formula is C12H16ClNO2S. The summed E-state index contributed by atoms with van der Waals surface area (Å²) in [5, 5.41) is 3.37. The molecule has 1 unspecified atom stereocenters. The van der Waals surface area contributed by atoms with Gasteiger partial charge in [0.05, 0.1) is 10.1 Å². The summed E-state index contributed by atoms with van der Waals surface area (Å²) in [6.45, 7) is 0.850. The second kappa shape index (κ2) is 4.96. The Morgan fingerprint density at radius 2 is 2.24 bits per heavy atom. The van der Waals surface area contributed by atoms with Gasteiger partial charge in [-0.25, -0.2) is 8.42 Å². The standard InChI is InChI=1S/C12H16ClNO2S/c1-14-6-2-3-11-8-9-7-10(13)4-5-12(9)17(11,15)16/h4-5,7,11,14H,2-3,6,8H2,1H3. The van der Waals surface area contributed by atoms with Crippen LogP contribution >= 0.6 is 11.6 Å². The Morgan fingerprint density at radius 3 is 2.94 bits per heavy atom. The summed E-state index contributed by atoms with van der Waals surface area (Å²) in [5.74, 6) is 0. The number of fused-ring (bicyclic) bond motifs is 1. The van der Waals surface area contributed by atoms with Crippen LogP contribution in [-0.2, 0) is 16.3 Å². The highest BCUT2D eigenvalue weighted by Gasteiger charge is 2.36. The van der Waals surface area contributed by atoms with Crippen molar-refractivity contribution in [2.75, 3.05) is 13.6 Å². The van der Waals surface area contributed by atoms with Gasteiger partial charge in [-0.3, -0.25) is 0 Å². The third kappa shape index (κ3) is 2.49. The van der Waals surface area contributed by atoms with Crippen molar-refractivity contribution in [2.24, 2.45) is 0 Å². The Kier molecular flexibility index (Phi) is 3.76. The molecule has 0 amide bonds. The maximum Gasteiger partial charge on any atom is 0.181 e. The normalized spacial score (nSPS) is 21.4. The summed E-state index contributed by atoms with van der Waals surface area (Å²) in [7, 11) is -1.26. The van der Waals surface area contributed by atoms with Crippen LogP contribution < -0.4 is 5.32 Å². The lowest BCUT2D eigenvalue weighted by Gasteiger charge is -2.08. The average molecular weight is 274 g/mol. The van der Waals surface area contributed by atoms with Gasteiger partial charge in [-0.05, 0) is 56.6 Å². The van der Waals surface area contributed by atoms with Gasteiger partial charge in [0.25, 0.3) is 0 Å². The van der Waals surface area contributed by atoms with Gasteiger partial charge in [-0.2, -0.15) is 0 Å². The van der Waals surface area contributed by atoms with Crippen LogP contribution in [0.2, 0.25) is 5.02 Å². The van der Waals surface area contributed by atoms with E-state index in [1.807, 2.05) is 7.05 Å². The molecule has 0 radical (unpaired) electrons. The predicted molar refractivity (Wildman–Crippen MR) is 69.3 cm³/mol. The number of sulfone groups is 1. The van der Waals surface area contributed by atoms with Crippen LogP contribution in [0.3, 0.4) is 0 Å². The fourth-order valence-electron chi connectivity index (χ4n) is 2.28. The van der Waals surface area contributed by atoms with E-state index in [1.54, 1.807) is 18.2 Å². The van der Waals surface area contributed by atoms with Gasteiger partial charge in [-0.15, -0.1) is 0 Å². The minimum atomic E-state index is -3.13. The summed E-state index contributed by atoms with van der Waals surface area (Å²) in [4.78, 5) is 0.469. The maximum absolute atomic E-state index is 12.2. The average Bonchev–Trinajstić information content (AvgIpc) is 2.50. The fraction of sp³-hybridized carbons (Fsp3) is 0.500. The summed E-state index contributed by atoms with van der Waals surface area (Å²) >= 11 is 5.89. The van der Waals surface area contributed by atoms with Gasteiger partial charge < -0.3 is 5.32 Å². The number of hydrogen-bond acceptors (Lipinski definition) is 3. The third-order valence-corrected chi connectivity index (χ3v) is 5.69. The first-order valence-corrected chi connectivity index (χ1v) is 7.65. The van der Waals surface area contributed by atoms with Crippen LogP contribution in [-0.4, -0.2) is 27.3 Å². The molecule has 0 saturated heterocycles. The van der Waals surface area contributed by atoms with Gasteiger partial charge in [0.2, 0.25) is 0 Å². The smallest absolute Gasteiger partial charge is 0.181 e. The van der Waals surface area contributed by atoms with E-state index in [4.69, 9.17) is 11.6 Å². The summed E-state index contributed by atoms with van der Waals surface area (Å²) in [6, 6.07) is 5.05. The van der Waals surface area contributed by atoms with Crippen molar-refractivity contribution in [3.8, 4) is 0 Å². The van der Waals surface area contributed by atoms with E-state index in [9.17, 15) is 8.42 Å². The lowest BCUT2D eigenvalue weighted by atomic mass is 10.1. The van der Waals surface area contributed by atoms with E-state index in [0.717, 1.165) is 18.5 Å². The first-order valence-electron chi connectivity index (χ1n) is 5.72. The van der Waals surface area contributed by atoms with Crippen molar-refractivity contribution >= 4 is 21.4 Å². The largest absolute Gasteiger partial charge is 0.320 e. The van der Waals surface area contributed by atoms with Crippen molar-refractivity contribution in [1.29, 1.82) is 0 Å². The highest BCUT2D eigenvalue weighted by atomic mass is 35.5. The molecular weight excluding hydrogens is 258 g/mol. The molecule has 0 saturated carbocycles. The lowest BCUT2D eigenvalue weighted by molar-refractivity contribution is 0.570. The molecule has 5 heteroatoms. The number of nitrogens with one attached hydrogen (secondary N) is 1. The van der Waals surface area contributed by atoms with Crippen LogP contribution in [0.15, 0.2) is 23.1 Å². The van der Waals surface area contributed by atoms with Crippen LogP contribution in [0.5, 0.6) is 0 Å². The molecule has 1 heterocycles. The Bertz CT molecular complexity index is 513. The van der Waals surface area contributed by atoms with Gasteiger partial charge in [0, 0.05) is 5.02 Å². The molecule has 17 heavy (non-hydrogen) atoms. The van der Waals surface area contributed by atoms with E-state index in [-0.39, 0.29) is 5.25 Å². The summed E-state index contributed by atoms with van der Waals surface area (Å²) < 4.78 is 24.5. The molecule has 0 bridgehead atoms. The van der Waals surface area contributed by atoms with Gasteiger partial charge in [0.1, 0.15) is 0 Å². The molecule has 94 valence electrons. The van der Waals surface area contributed by atoms with Crippen LogP contribution in [0.25, 0.3) is 0 Å². The number of halogens is 1. The van der Waals surface area contributed by atoms with E-state index in [1.165, 1.54) is 0 Å². The highest BCUT2D eigenvalue weighted by molar-refractivity contribution is 7.92. The second-order valence-corrected chi connectivity index (χ2v) is 7.00. The van der Waals surface area contributed by atoms with E-state index < -0.39 is 9.84 Å². The van der Waals surface area contributed by atoms with Crippen molar-refractivity contribution in [1.82, 2.24) is 5.32 Å². The molecule has 1 aliphatic heterocycles. The van der Waals surface area contributed by atoms with Crippen molar-refractivity contribution in [3.63, 3.8) is 0 Å². The quantitative estimate of drug-likeness (QED) is 0.854. The van der Waals surface area contributed by atoms with E-state index in [2.05, 4.69) is 5.32 Å². The summed E-state index contributed by atoms with van der Waals surface area (Å²) in [5.41, 5.74) is 0.868. The summed E-state index contributed by atoms with van der Waals surface area (Å²) in [6.07, 6.45) is 2.18. The number of rotatable bonds is 4. The van der Waals surface area contributed by atoms with E-state index >= 15 is 0 Å². The molecule has 1 aromatic carbocycles. The van der Waals surface area contributed by atoms with Gasteiger partial charge >= 0.3 is 0 Å². The monoisotopic (exact) mass is 273 g/mol. The maximum atomic E-state index is 12.2. The first-order chi connectivity index (χ1) is 8.05. The number of benzene rings is 1. The highest BCUT2D eigenvalue weighted by Crippen LogP contribution is 2.34. The topological polar surface area (TPSA) is 46.2 Å². The van der Waals surface area contributed by atoms with Crippen molar-refractivity contribution in [3.05, 3.63) is 28.8 Å². The molecule has 1 N–H and O–H groups in total. The Hall–Kier alpha value is -0.580. The first kappa shape index (κ1) is 12.9. The van der Waals surface area contributed by atoms with Crippen molar-refractivity contribution in [2.45, 2.75) is 29.4 Å². The molecule has 2 rings (SSSR count). The lowest BCUT2D eigenvalue weighted by Crippen LogP contribution is -2.19. The van der Waals surface area contributed by atoms with Crippen LogP contribution in [0, 0.1) is 0 Å². The zero-order valence-electron chi connectivity index (χ0n) is 9.74. The Morgan fingerprint density at radius 1 is 1.47 bits per heavy atom. The molecule has 0 aliphatic carbocycles. The molecule has 1 atom stereocenters. The molecule has 3 nitrogen and oxygen atoms in total. The zero-order chi connectivity index (χ0) is 12.5. The molecule has 1 aliphatic rings. The zero-order valence-corrected chi connectivity index (χ0v) is 11.3. The molecule has 1 aromatic rings. The minimum Gasteiger partial charge on any atom is -0.320 e. The SMILES string of the molecule is CNCCCC1Cc2cc(Cl)ccc2S1(=O)=O. The van der Waals surface area contributed by atoms with Gasteiger partial charge in [-0.1, -0.05) is 11.6 Å². The third-order valence-electron chi connectivity index (χ3n) is 3.17. The second-order valence-electron chi connectivity index (χ2n) is 4.37. The van der Waals surface area contributed by atoms with E-state index in [0.29, 0.717) is 22.8 Å². The van der Waals surface area contributed by atoms with Gasteiger partial charge in [0.15, 0.2) is 9.84 Å². The Balaban J connectivity index is 2.21. The predicted octanol–water partition coefficient (Wildman–Crippen LogP) is 2.04. The molecule has 0 fully saturated rings. The fourth-order valence-corrected chi connectivity index (χ4v) is 4.48. The minimum absolute atomic E-state index is 0.274. The number of hydrogen-bond donors (Lipinski definition) is 1. The van der Waals surface area contributed by atoms with Crippen LogP contribution in [0.4, 0.5) is 0 Å². The Labute approximate surface area is 107 Å².